The van der Waals surface area contributed by atoms with E-state index in [0.717, 1.165) is 37.5 Å². The maximum atomic E-state index is 12.4. The zero-order valence-electron chi connectivity index (χ0n) is 11.7. The van der Waals surface area contributed by atoms with Crippen molar-refractivity contribution in [2.75, 3.05) is 13.1 Å². The monoisotopic (exact) mass is 280 g/mol. The molecule has 19 heavy (non-hydrogen) atoms. The summed E-state index contributed by atoms with van der Waals surface area (Å²) in [6.45, 7) is 5.77. The van der Waals surface area contributed by atoms with Crippen molar-refractivity contribution in [3.8, 4) is 0 Å². The minimum atomic E-state index is 0.0208. The van der Waals surface area contributed by atoms with Crippen LogP contribution in [0.3, 0.4) is 0 Å². The van der Waals surface area contributed by atoms with Crippen LogP contribution in [-0.2, 0) is 0 Å². The molecule has 0 N–H and O–H groups in total. The van der Waals surface area contributed by atoms with E-state index in [1.807, 2.05) is 11.8 Å². The molecular weight excluding hydrogens is 260 g/mol. The molecule has 1 amide bonds. The highest BCUT2D eigenvalue weighted by Crippen LogP contribution is 2.24. The Labute approximate surface area is 120 Å². The van der Waals surface area contributed by atoms with Gasteiger partial charge in [0, 0.05) is 25.0 Å². The van der Waals surface area contributed by atoms with Gasteiger partial charge in [-0.25, -0.2) is 0 Å². The summed E-state index contributed by atoms with van der Waals surface area (Å²) < 4.78 is 0. The SMILES string of the molecule is CCCC1CCN(C(=O)c2cnc(C)cc2Cl)CC1. The van der Waals surface area contributed by atoms with Crippen molar-refractivity contribution >= 4 is 17.5 Å². The van der Waals surface area contributed by atoms with E-state index in [4.69, 9.17) is 11.6 Å². The van der Waals surface area contributed by atoms with E-state index < -0.39 is 0 Å². The Kier molecular flexibility index (Phi) is 4.81. The number of carbonyl (C=O) groups is 1. The average Bonchev–Trinajstić information content (AvgIpc) is 2.39. The third-order valence-corrected chi connectivity index (χ3v) is 4.13. The number of likely N-dealkylation sites (tertiary alicyclic amines) is 1. The molecule has 1 aliphatic heterocycles. The third kappa shape index (κ3) is 3.47. The van der Waals surface area contributed by atoms with Gasteiger partial charge in [0.05, 0.1) is 10.6 Å². The molecule has 3 nitrogen and oxygen atoms in total. The average molecular weight is 281 g/mol. The van der Waals surface area contributed by atoms with E-state index in [2.05, 4.69) is 11.9 Å². The number of aromatic nitrogens is 1. The number of hydrogen-bond acceptors (Lipinski definition) is 2. The number of nitrogens with zero attached hydrogens (tertiary/aromatic N) is 2. The minimum absolute atomic E-state index is 0.0208. The molecule has 0 saturated carbocycles. The molecule has 0 spiro atoms. The lowest BCUT2D eigenvalue weighted by Gasteiger charge is -2.32. The van der Waals surface area contributed by atoms with Crippen LogP contribution >= 0.6 is 11.6 Å². The van der Waals surface area contributed by atoms with E-state index in [0.29, 0.717) is 10.6 Å². The largest absolute Gasteiger partial charge is 0.339 e. The Morgan fingerprint density at radius 2 is 2.16 bits per heavy atom. The van der Waals surface area contributed by atoms with Crippen molar-refractivity contribution in [1.29, 1.82) is 0 Å². The zero-order chi connectivity index (χ0) is 13.8. The van der Waals surface area contributed by atoms with Crippen molar-refractivity contribution < 1.29 is 4.79 Å². The minimum Gasteiger partial charge on any atom is -0.339 e. The number of pyridine rings is 1. The van der Waals surface area contributed by atoms with Crippen LogP contribution in [0.2, 0.25) is 5.02 Å². The summed E-state index contributed by atoms with van der Waals surface area (Å²) in [5.74, 6) is 0.799. The van der Waals surface area contributed by atoms with Crippen LogP contribution in [0.25, 0.3) is 0 Å². The van der Waals surface area contributed by atoms with Gasteiger partial charge in [-0.3, -0.25) is 9.78 Å². The predicted molar refractivity (Wildman–Crippen MR) is 77.5 cm³/mol. The summed E-state index contributed by atoms with van der Waals surface area (Å²) in [5, 5.41) is 0.508. The van der Waals surface area contributed by atoms with Crippen LogP contribution in [-0.4, -0.2) is 28.9 Å². The van der Waals surface area contributed by atoms with Crippen LogP contribution in [0.1, 0.15) is 48.7 Å². The lowest BCUT2D eigenvalue weighted by Crippen LogP contribution is -2.38. The second-order valence-electron chi connectivity index (χ2n) is 5.33. The number of piperidine rings is 1. The number of amides is 1. The van der Waals surface area contributed by atoms with Gasteiger partial charge in [-0.15, -0.1) is 0 Å². The van der Waals surface area contributed by atoms with E-state index in [1.165, 1.54) is 12.8 Å². The highest BCUT2D eigenvalue weighted by molar-refractivity contribution is 6.33. The van der Waals surface area contributed by atoms with Gasteiger partial charge in [-0.1, -0.05) is 31.4 Å². The molecule has 104 valence electrons. The van der Waals surface area contributed by atoms with Gasteiger partial charge in [0.1, 0.15) is 0 Å². The molecule has 0 aromatic carbocycles. The molecule has 1 aliphatic rings. The summed E-state index contributed by atoms with van der Waals surface area (Å²) in [6.07, 6.45) is 6.31. The van der Waals surface area contributed by atoms with Gasteiger partial charge >= 0.3 is 0 Å². The molecule has 1 aromatic heterocycles. The van der Waals surface area contributed by atoms with E-state index >= 15 is 0 Å². The molecule has 1 saturated heterocycles. The van der Waals surface area contributed by atoms with Crippen LogP contribution in [0, 0.1) is 12.8 Å². The van der Waals surface area contributed by atoms with Crippen molar-refractivity contribution in [2.24, 2.45) is 5.92 Å². The first-order valence-electron chi connectivity index (χ1n) is 7.03. The first-order valence-corrected chi connectivity index (χ1v) is 7.41. The summed E-state index contributed by atoms with van der Waals surface area (Å²) in [4.78, 5) is 18.5. The molecule has 0 bridgehead atoms. The Morgan fingerprint density at radius 1 is 1.47 bits per heavy atom. The standard InChI is InChI=1S/C15H21ClN2O/c1-3-4-12-5-7-18(8-6-12)15(19)13-10-17-11(2)9-14(13)16/h9-10,12H,3-8H2,1-2H3. The van der Waals surface area contributed by atoms with E-state index in [1.54, 1.807) is 12.3 Å². The molecule has 0 aliphatic carbocycles. The first-order chi connectivity index (χ1) is 9.11. The Hall–Kier alpha value is -1.09. The Balaban J connectivity index is 2.01. The quantitative estimate of drug-likeness (QED) is 0.846. The van der Waals surface area contributed by atoms with Gasteiger partial charge in [-0.2, -0.15) is 0 Å². The van der Waals surface area contributed by atoms with Crippen molar-refractivity contribution in [2.45, 2.75) is 39.5 Å². The predicted octanol–water partition coefficient (Wildman–Crippen LogP) is 3.70. The fourth-order valence-electron chi connectivity index (χ4n) is 2.69. The number of carbonyl (C=O) groups excluding carboxylic acids is 1. The Morgan fingerprint density at radius 3 is 2.74 bits per heavy atom. The highest BCUT2D eigenvalue weighted by Gasteiger charge is 2.24. The fraction of sp³-hybridized carbons (Fsp3) is 0.600. The molecule has 0 radical (unpaired) electrons. The Bertz CT molecular complexity index is 453. The van der Waals surface area contributed by atoms with Gasteiger partial charge < -0.3 is 4.90 Å². The number of aryl methyl sites for hydroxylation is 1. The molecule has 2 rings (SSSR count). The summed E-state index contributed by atoms with van der Waals surface area (Å²) in [5.41, 5.74) is 1.37. The van der Waals surface area contributed by atoms with E-state index in [-0.39, 0.29) is 5.91 Å². The second kappa shape index (κ2) is 6.38. The summed E-state index contributed by atoms with van der Waals surface area (Å²) >= 11 is 6.13. The van der Waals surface area contributed by atoms with Gasteiger partial charge in [0.15, 0.2) is 0 Å². The molecular formula is C15H21ClN2O. The second-order valence-corrected chi connectivity index (χ2v) is 5.74. The number of halogens is 1. The maximum absolute atomic E-state index is 12.4. The van der Waals surface area contributed by atoms with Gasteiger partial charge in [-0.05, 0) is 31.7 Å². The van der Waals surface area contributed by atoms with Crippen LogP contribution in [0.4, 0.5) is 0 Å². The molecule has 1 aromatic rings. The van der Waals surface area contributed by atoms with Crippen LogP contribution in [0.15, 0.2) is 12.3 Å². The molecule has 1 fully saturated rings. The lowest BCUT2D eigenvalue weighted by molar-refractivity contribution is 0.0686. The number of rotatable bonds is 3. The van der Waals surface area contributed by atoms with Crippen LogP contribution in [0.5, 0.6) is 0 Å². The zero-order valence-corrected chi connectivity index (χ0v) is 12.4. The molecule has 0 atom stereocenters. The van der Waals surface area contributed by atoms with Gasteiger partial charge in [0.25, 0.3) is 5.91 Å². The lowest BCUT2D eigenvalue weighted by atomic mass is 9.92. The van der Waals surface area contributed by atoms with Crippen molar-refractivity contribution in [3.63, 3.8) is 0 Å². The topological polar surface area (TPSA) is 33.2 Å². The summed E-state index contributed by atoms with van der Waals surface area (Å²) in [7, 11) is 0. The maximum Gasteiger partial charge on any atom is 0.256 e. The number of hydrogen-bond donors (Lipinski definition) is 0. The molecule has 4 heteroatoms. The summed E-state index contributed by atoms with van der Waals surface area (Å²) in [6, 6.07) is 1.75. The molecule has 0 unspecified atom stereocenters. The highest BCUT2D eigenvalue weighted by atomic mass is 35.5. The normalized spacial score (nSPS) is 16.7. The van der Waals surface area contributed by atoms with Crippen molar-refractivity contribution in [3.05, 3.63) is 28.5 Å². The third-order valence-electron chi connectivity index (χ3n) is 3.82. The first kappa shape index (κ1) is 14.3. The van der Waals surface area contributed by atoms with Gasteiger partial charge in [0.2, 0.25) is 0 Å². The fourth-order valence-corrected chi connectivity index (χ4v) is 2.97. The van der Waals surface area contributed by atoms with Crippen molar-refractivity contribution in [1.82, 2.24) is 9.88 Å². The smallest absolute Gasteiger partial charge is 0.256 e. The van der Waals surface area contributed by atoms with Crippen LogP contribution < -0.4 is 0 Å². The molecule has 2 heterocycles. The van der Waals surface area contributed by atoms with E-state index in [9.17, 15) is 4.79 Å².